The molecule has 6 nitrogen and oxygen atoms in total. The molecule has 3 rings (SSSR count). The van der Waals surface area contributed by atoms with Crippen molar-refractivity contribution in [3.63, 3.8) is 0 Å². The highest BCUT2D eigenvalue weighted by molar-refractivity contribution is 5.82. The van der Waals surface area contributed by atoms with E-state index in [1.165, 1.54) is 12.8 Å². The molecule has 1 aromatic carbocycles. The number of carbonyl (C=O) groups excluding carboxylic acids is 1. The molecule has 1 aliphatic heterocycles. The first-order chi connectivity index (χ1) is 10.2. The number of hydrogen-bond acceptors (Lipinski definition) is 5. The first kappa shape index (κ1) is 14.0. The minimum absolute atomic E-state index is 0.159. The fourth-order valence-corrected chi connectivity index (χ4v) is 2.99. The van der Waals surface area contributed by atoms with Gasteiger partial charge >= 0.3 is 0 Å². The van der Waals surface area contributed by atoms with Gasteiger partial charge in [0.2, 0.25) is 18.4 Å². The maximum atomic E-state index is 11.8. The van der Waals surface area contributed by atoms with E-state index >= 15 is 0 Å². The molecule has 0 radical (unpaired) electrons. The van der Waals surface area contributed by atoms with Crippen LogP contribution in [0, 0.1) is 0 Å². The second-order valence-corrected chi connectivity index (χ2v) is 5.44. The highest BCUT2D eigenvalue weighted by Crippen LogP contribution is 2.43. The Morgan fingerprint density at radius 2 is 2.14 bits per heavy atom. The standard InChI is InChI=1S/C15H20N2O4/c1-19-11-6-9(7-12-14(11)21-8-20-12)13(15(16)18)17-10-4-2-3-5-10/h6-7,10,13,17H,2-5,8H2,1H3,(H2,16,18). The third-order valence-electron chi connectivity index (χ3n) is 4.06. The summed E-state index contributed by atoms with van der Waals surface area (Å²) in [7, 11) is 1.56. The zero-order valence-corrected chi connectivity index (χ0v) is 12.1. The predicted molar refractivity (Wildman–Crippen MR) is 76.4 cm³/mol. The van der Waals surface area contributed by atoms with Crippen LogP contribution >= 0.6 is 0 Å². The lowest BCUT2D eigenvalue weighted by atomic mass is 10.0. The monoisotopic (exact) mass is 292 g/mol. The lowest BCUT2D eigenvalue weighted by molar-refractivity contribution is -0.120. The highest BCUT2D eigenvalue weighted by Gasteiger charge is 2.28. The smallest absolute Gasteiger partial charge is 0.239 e. The lowest BCUT2D eigenvalue weighted by Gasteiger charge is -2.21. The van der Waals surface area contributed by atoms with Gasteiger partial charge in [-0.3, -0.25) is 10.1 Å². The number of ether oxygens (including phenoxy) is 3. The van der Waals surface area contributed by atoms with E-state index in [1.54, 1.807) is 19.2 Å². The van der Waals surface area contributed by atoms with Gasteiger partial charge in [-0.25, -0.2) is 0 Å². The molecule has 0 aromatic heterocycles. The summed E-state index contributed by atoms with van der Waals surface area (Å²) in [6.07, 6.45) is 4.53. The van der Waals surface area contributed by atoms with Crippen molar-refractivity contribution >= 4 is 5.91 Å². The van der Waals surface area contributed by atoms with E-state index < -0.39 is 11.9 Å². The molecule has 0 saturated heterocycles. The number of rotatable bonds is 5. The van der Waals surface area contributed by atoms with Gasteiger partial charge in [-0.2, -0.15) is 0 Å². The van der Waals surface area contributed by atoms with Gasteiger partial charge in [0.25, 0.3) is 0 Å². The third kappa shape index (κ3) is 2.76. The molecule has 1 saturated carbocycles. The Labute approximate surface area is 123 Å². The molecule has 1 heterocycles. The van der Waals surface area contributed by atoms with Gasteiger partial charge in [0.1, 0.15) is 6.04 Å². The average Bonchev–Trinajstić information content (AvgIpc) is 3.14. The zero-order valence-electron chi connectivity index (χ0n) is 12.1. The minimum atomic E-state index is -0.545. The summed E-state index contributed by atoms with van der Waals surface area (Å²) in [6.45, 7) is 0.159. The molecule has 1 aliphatic carbocycles. The van der Waals surface area contributed by atoms with Crippen LogP contribution in [0.4, 0.5) is 0 Å². The lowest BCUT2D eigenvalue weighted by Crippen LogP contribution is -2.38. The van der Waals surface area contributed by atoms with Crippen LogP contribution < -0.4 is 25.3 Å². The van der Waals surface area contributed by atoms with E-state index in [4.69, 9.17) is 19.9 Å². The Morgan fingerprint density at radius 1 is 1.38 bits per heavy atom. The molecule has 21 heavy (non-hydrogen) atoms. The summed E-state index contributed by atoms with van der Waals surface area (Å²) < 4.78 is 16.1. The molecule has 0 bridgehead atoms. The van der Waals surface area contributed by atoms with Crippen LogP contribution in [0.2, 0.25) is 0 Å². The molecule has 1 fully saturated rings. The summed E-state index contributed by atoms with van der Waals surface area (Å²) in [4.78, 5) is 11.8. The Morgan fingerprint density at radius 3 is 2.81 bits per heavy atom. The van der Waals surface area contributed by atoms with E-state index in [2.05, 4.69) is 5.32 Å². The number of methoxy groups -OCH3 is 1. The molecular weight excluding hydrogens is 272 g/mol. The van der Waals surface area contributed by atoms with Crippen LogP contribution in [-0.2, 0) is 4.79 Å². The normalized spacial score (nSPS) is 18.7. The largest absolute Gasteiger partial charge is 0.493 e. The summed E-state index contributed by atoms with van der Waals surface area (Å²) in [6, 6.07) is 3.36. The highest BCUT2D eigenvalue weighted by atomic mass is 16.7. The zero-order chi connectivity index (χ0) is 14.8. The summed E-state index contributed by atoms with van der Waals surface area (Å²) in [5.74, 6) is 1.32. The molecule has 114 valence electrons. The molecule has 2 aliphatic rings. The summed E-state index contributed by atoms with van der Waals surface area (Å²) in [5, 5.41) is 3.35. The van der Waals surface area contributed by atoms with E-state index in [1.807, 2.05) is 0 Å². The van der Waals surface area contributed by atoms with Gasteiger partial charge in [-0.15, -0.1) is 0 Å². The van der Waals surface area contributed by atoms with Gasteiger partial charge in [0.15, 0.2) is 11.5 Å². The van der Waals surface area contributed by atoms with Crippen LogP contribution in [-0.4, -0.2) is 25.9 Å². The predicted octanol–water partition coefficient (Wildman–Crippen LogP) is 1.48. The Kier molecular flexibility index (Phi) is 3.88. The number of fused-ring (bicyclic) bond motifs is 1. The van der Waals surface area contributed by atoms with Crippen LogP contribution in [0.15, 0.2) is 12.1 Å². The number of benzene rings is 1. The van der Waals surface area contributed by atoms with Crippen LogP contribution in [0.5, 0.6) is 17.2 Å². The summed E-state index contributed by atoms with van der Waals surface area (Å²) in [5.41, 5.74) is 6.32. The number of hydrogen-bond donors (Lipinski definition) is 2. The van der Waals surface area contributed by atoms with Gasteiger partial charge in [0.05, 0.1) is 7.11 Å². The minimum Gasteiger partial charge on any atom is -0.493 e. The summed E-state index contributed by atoms with van der Waals surface area (Å²) >= 11 is 0. The topological polar surface area (TPSA) is 82.8 Å². The molecule has 1 aromatic rings. The van der Waals surface area contributed by atoms with Crippen molar-refractivity contribution in [3.05, 3.63) is 17.7 Å². The van der Waals surface area contributed by atoms with Gasteiger partial charge in [0, 0.05) is 6.04 Å². The van der Waals surface area contributed by atoms with Crippen molar-refractivity contribution in [1.29, 1.82) is 0 Å². The Hall–Kier alpha value is -1.95. The van der Waals surface area contributed by atoms with Crippen molar-refractivity contribution in [3.8, 4) is 17.2 Å². The maximum absolute atomic E-state index is 11.8. The molecule has 6 heteroatoms. The fourth-order valence-electron chi connectivity index (χ4n) is 2.99. The van der Waals surface area contributed by atoms with Gasteiger partial charge in [-0.1, -0.05) is 12.8 Å². The van der Waals surface area contributed by atoms with Crippen LogP contribution in [0.25, 0.3) is 0 Å². The molecule has 0 spiro atoms. The Balaban J connectivity index is 1.90. The molecule has 1 amide bonds. The maximum Gasteiger partial charge on any atom is 0.239 e. The number of primary amides is 1. The quantitative estimate of drug-likeness (QED) is 0.859. The van der Waals surface area contributed by atoms with Crippen LogP contribution in [0.3, 0.4) is 0 Å². The van der Waals surface area contributed by atoms with E-state index in [-0.39, 0.29) is 6.79 Å². The van der Waals surface area contributed by atoms with Crippen LogP contribution in [0.1, 0.15) is 37.3 Å². The first-order valence-corrected chi connectivity index (χ1v) is 7.22. The number of amides is 1. The number of carbonyl (C=O) groups is 1. The van der Waals surface area contributed by atoms with Crippen molar-refractivity contribution in [2.45, 2.75) is 37.8 Å². The molecule has 1 unspecified atom stereocenters. The Bertz CT molecular complexity index is 541. The van der Waals surface area contributed by atoms with Crippen molar-refractivity contribution in [1.82, 2.24) is 5.32 Å². The molecule has 1 atom stereocenters. The third-order valence-corrected chi connectivity index (χ3v) is 4.06. The fraction of sp³-hybridized carbons (Fsp3) is 0.533. The average molecular weight is 292 g/mol. The molecule has 3 N–H and O–H groups in total. The number of nitrogens with one attached hydrogen (secondary N) is 1. The van der Waals surface area contributed by atoms with E-state index in [9.17, 15) is 4.79 Å². The van der Waals surface area contributed by atoms with Gasteiger partial charge < -0.3 is 19.9 Å². The second kappa shape index (κ2) is 5.81. The van der Waals surface area contributed by atoms with E-state index in [0.29, 0.717) is 23.3 Å². The van der Waals surface area contributed by atoms with Crippen molar-refractivity contribution < 1.29 is 19.0 Å². The van der Waals surface area contributed by atoms with Crippen molar-refractivity contribution in [2.24, 2.45) is 5.73 Å². The first-order valence-electron chi connectivity index (χ1n) is 7.22. The van der Waals surface area contributed by atoms with Crippen molar-refractivity contribution in [2.75, 3.05) is 13.9 Å². The van der Waals surface area contributed by atoms with E-state index in [0.717, 1.165) is 18.4 Å². The van der Waals surface area contributed by atoms with Gasteiger partial charge in [-0.05, 0) is 30.5 Å². The SMILES string of the molecule is COc1cc(C(NC2CCCC2)C(N)=O)cc2c1OCO2. The number of nitrogens with two attached hydrogens (primary N) is 1. The molecular formula is C15H20N2O4. The second-order valence-electron chi connectivity index (χ2n) is 5.44.